The molecule has 7 heteroatoms. The average molecular weight is 437 g/mol. The van der Waals surface area contributed by atoms with Gasteiger partial charge in [0, 0.05) is 17.0 Å². The molecule has 1 amide bonds. The summed E-state index contributed by atoms with van der Waals surface area (Å²) >= 11 is 0. The van der Waals surface area contributed by atoms with Crippen LogP contribution in [0.3, 0.4) is 0 Å². The minimum absolute atomic E-state index is 0.0320. The third kappa shape index (κ3) is 5.35. The van der Waals surface area contributed by atoms with Crippen LogP contribution in [0, 0.1) is 0 Å². The van der Waals surface area contributed by atoms with Gasteiger partial charge in [0.25, 0.3) is 5.91 Å². The summed E-state index contributed by atoms with van der Waals surface area (Å²) in [6, 6.07) is 14.4. The van der Waals surface area contributed by atoms with E-state index in [1.165, 1.54) is 0 Å². The number of nitrogens with zero attached hydrogens (tertiary/aromatic N) is 1. The molecule has 168 valence electrons. The predicted octanol–water partition coefficient (Wildman–Crippen LogP) is 4.38. The lowest BCUT2D eigenvalue weighted by molar-refractivity contribution is -0.124. The highest BCUT2D eigenvalue weighted by Gasteiger charge is 2.18. The zero-order valence-corrected chi connectivity index (χ0v) is 18.8. The number of para-hydroxylation sites is 1. The van der Waals surface area contributed by atoms with Crippen molar-refractivity contribution in [3.63, 3.8) is 0 Å². The third-order valence-electron chi connectivity index (χ3n) is 5.08. The van der Waals surface area contributed by atoms with Crippen LogP contribution >= 0.6 is 0 Å². The second-order valence-electron chi connectivity index (χ2n) is 7.48. The number of methoxy groups -OCH3 is 2. The van der Waals surface area contributed by atoms with Gasteiger partial charge in [-0.2, -0.15) is 0 Å². The summed E-state index contributed by atoms with van der Waals surface area (Å²) < 4.78 is 16.0. The van der Waals surface area contributed by atoms with Gasteiger partial charge in [0.15, 0.2) is 18.1 Å². The van der Waals surface area contributed by atoms with Crippen LogP contribution in [0.25, 0.3) is 22.2 Å². The smallest absolute Gasteiger partial charge is 0.339 e. The van der Waals surface area contributed by atoms with E-state index in [0.717, 1.165) is 18.4 Å². The average Bonchev–Trinajstić information content (AvgIpc) is 2.81. The zero-order valence-electron chi connectivity index (χ0n) is 18.8. The van der Waals surface area contributed by atoms with E-state index in [0.29, 0.717) is 33.7 Å². The van der Waals surface area contributed by atoms with Gasteiger partial charge in [0.2, 0.25) is 0 Å². The lowest BCUT2D eigenvalue weighted by Gasteiger charge is -2.14. The summed E-state index contributed by atoms with van der Waals surface area (Å²) in [5.41, 5.74) is 2.33. The number of carbonyl (C=O) groups excluding carboxylic acids is 2. The second-order valence-corrected chi connectivity index (χ2v) is 7.48. The van der Waals surface area contributed by atoms with Crippen LogP contribution < -0.4 is 14.8 Å². The van der Waals surface area contributed by atoms with Crippen LogP contribution in [-0.2, 0) is 9.53 Å². The van der Waals surface area contributed by atoms with Crippen LogP contribution in [0.5, 0.6) is 11.5 Å². The molecular formula is C25H28N2O5. The van der Waals surface area contributed by atoms with E-state index < -0.39 is 5.97 Å². The number of rotatable bonds is 9. The van der Waals surface area contributed by atoms with Crippen molar-refractivity contribution in [3.05, 3.63) is 54.1 Å². The summed E-state index contributed by atoms with van der Waals surface area (Å²) in [7, 11) is 3.13. The van der Waals surface area contributed by atoms with Gasteiger partial charge in [-0.3, -0.25) is 4.79 Å². The van der Waals surface area contributed by atoms with E-state index >= 15 is 0 Å². The van der Waals surface area contributed by atoms with E-state index in [1.807, 2.05) is 38.1 Å². The van der Waals surface area contributed by atoms with Crippen LogP contribution in [0.1, 0.15) is 37.0 Å². The highest BCUT2D eigenvalue weighted by Crippen LogP contribution is 2.33. The number of pyridine rings is 1. The fourth-order valence-electron chi connectivity index (χ4n) is 3.52. The lowest BCUT2D eigenvalue weighted by atomic mass is 10.0. The van der Waals surface area contributed by atoms with E-state index in [-0.39, 0.29) is 18.6 Å². The number of ether oxygens (including phenoxy) is 3. The maximum atomic E-state index is 12.9. The number of carbonyl (C=O) groups is 2. The number of nitrogens with one attached hydrogen (secondary N) is 1. The second kappa shape index (κ2) is 10.6. The summed E-state index contributed by atoms with van der Waals surface area (Å²) in [6.07, 6.45) is 1.83. The Morgan fingerprint density at radius 3 is 2.50 bits per heavy atom. The number of esters is 1. The fraction of sp³-hybridized carbons (Fsp3) is 0.320. The minimum atomic E-state index is -0.580. The van der Waals surface area contributed by atoms with Crippen molar-refractivity contribution in [2.24, 2.45) is 0 Å². The summed E-state index contributed by atoms with van der Waals surface area (Å²) in [6.45, 7) is 3.64. The topological polar surface area (TPSA) is 86.8 Å². The predicted molar refractivity (Wildman–Crippen MR) is 123 cm³/mol. The third-order valence-corrected chi connectivity index (χ3v) is 5.08. The maximum absolute atomic E-state index is 12.9. The van der Waals surface area contributed by atoms with Crippen LogP contribution in [0.4, 0.5) is 0 Å². The number of fused-ring (bicyclic) bond motifs is 1. The fourth-order valence-corrected chi connectivity index (χ4v) is 3.52. The Balaban J connectivity index is 1.90. The zero-order chi connectivity index (χ0) is 23.1. The molecule has 1 aromatic heterocycles. The van der Waals surface area contributed by atoms with Gasteiger partial charge in [-0.15, -0.1) is 0 Å². The molecule has 0 saturated heterocycles. The molecule has 3 rings (SSSR count). The molecule has 32 heavy (non-hydrogen) atoms. The highest BCUT2D eigenvalue weighted by molar-refractivity contribution is 6.05. The van der Waals surface area contributed by atoms with Gasteiger partial charge in [-0.25, -0.2) is 9.78 Å². The Labute approximate surface area is 187 Å². The molecule has 1 atom stereocenters. The van der Waals surface area contributed by atoms with E-state index in [2.05, 4.69) is 5.32 Å². The molecule has 2 aromatic carbocycles. The van der Waals surface area contributed by atoms with Crippen molar-refractivity contribution in [2.75, 3.05) is 20.8 Å². The van der Waals surface area contributed by atoms with Crippen molar-refractivity contribution in [2.45, 2.75) is 32.7 Å². The molecule has 3 aromatic rings. The van der Waals surface area contributed by atoms with Gasteiger partial charge < -0.3 is 19.5 Å². The molecule has 0 fully saturated rings. The van der Waals surface area contributed by atoms with Gasteiger partial charge in [0.05, 0.1) is 31.0 Å². The first kappa shape index (κ1) is 23.1. The quantitative estimate of drug-likeness (QED) is 0.501. The molecule has 0 spiro atoms. The summed E-state index contributed by atoms with van der Waals surface area (Å²) in [5.74, 6) is 0.253. The number of aromatic nitrogens is 1. The largest absolute Gasteiger partial charge is 0.493 e. The van der Waals surface area contributed by atoms with Gasteiger partial charge >= 0.3 is 5.97 Å². The number of amides is 1. The van der Waals surface area contributed by atoms with Gasteiger partial charge in [0.1, 0.15) is 0 Å². The molecule has 7 nitrogen and oxygen atoms in total. The Morgan fingerprint density at radius 2 is 1.78 bits per heavy atom. The number of hydrogen-bond donors (Lipinski definition) is 1. The van der Waals surface area contributed by atoms with Crippen molar-refractivity contribution in [3.8, 4) is 22.8 Å². The molecule has 0 aliphatic heterocycles. The minimum Gasteiger partial charge on any atom is -0.493 e. The molecule has 0 saturated carbocycles. The van der Waals surface area contributed by atoms with Gasteiger partial charge in [-0.05, 0) is 43.7 Å². The highest BCUT2D eigenvalue weighted by atomic mass is 16.5. The van der Waals surface area contributed by atoms with Crippen molar-refractivity contribution in [1.29, 1.82) is 0 Å². The molecular weight excluding hydrogens is 408 g/mol. The van der Waals surface area contributed by atoms with Crippen molar-refractivity contribution >= 4 is 22.8 Å². The van der Waals surface area contributed by atoms with Gasteiger partial charge in [-0.1, -0.05) is 31.5 Å². The van der Waals surface area contributed by atoms with E-state index in [4.69, 9.17) is 19.2 Å². The lowest BCUT2D eigenvalue weighted by Crippen LogP contribution is -2.35. The van der Waals surface area contributed by atoms with Crippen LogP contribution in [-0.4, -0.2) is 43.7 Å². The van der Waals surface area contributed by atoms with E-state index in [9.17, 15) is 9.59 Å². The molecule has 1 N–H and O–H groups in total. The number of hydrogen-bond acceptors (Lipinski definition) is 6. The monoisotopic (exact) mass is 436 g/mol. The Morgan fingerprint density at radius 1 is 1.03 bits per heavy atom. The molecule has 0 radical (unpaired) electrons. The Hall–Kier alpha value is -3.61. The molecule has 0 aliphatic carbocycles. The summed E-state index contributed by atoms with van der Waals surface area (Å²) in [5, 5.41) is 3.49. The van der Waals surface area contributed by atoms with Crippen LogP contribution in [0.15, 0.2) is 48.5 Å². The first-order valence-electron chi connectivity index (χ1n) is 10.6. The molecule has 0 aliphatic rings. The SMILES string of the molecule is CCC[C@@H](C)NC(=O)COC(=O)c1cc(-c2ccc(OC)c(OC)c2)nc2ccccc12. The standard InChI is InChI=1S/C25H28N2O5/c1-5-8-16(2)26-24(28)15-32-25(29)19-14-21(27-20-10-7-6-9-18(19)20)17-11-12-22(30-3)23(13-17)31-4/h6-7,9-14,16H,5,8,15H2,1-4H3,(H,26,28)/t16-/m1/s1. The molecule has 0 unspecified atom stereocenters. The summed E-state index contributed by atoms with van der Waals surface area (Å²) in [4.78, 5) is 29.7. The Bertz CT molecular complexity index is 1110. The maximum Gasteiger partial charge on any atom is 0.339 e. The first-order valence-corrected chi connectivity index (χ1v) is 10.6. The first-order chi connectivity index (χ1) is 15.5. The van der Waals surface area contributed by atoms with Crippen molar-refractivity contribution < 1.29 is 23.8 Å². The Kier molecular flexibility index (Phi) is 7.65. The number of benzene rings is 2. The van der Waals surface area contributed by atoms with E-state index in [1.54, 1.807) is 38.5 Å². The van der Waals surface area contributed by atoms with Crippen LogP contribution in [0.2, 0.25) is 0 Å². The molecule has 1 heterocycles. The molecule has 0 bridgehead atoms. The van der Waals surface area contributed by atoms with Crippen molar-refractivity contribution in [1.82, 2.24) is 10.3 Å². The normalized spacial score (nSPS) is 11.6.